The van der Waals surface area contributed by atoms with Crippen LogP contribution in [-0.2, 0) is 16.0 Å². The van der Waals surface area contributed by atoms with Crippen molar-refractivity contribution in [3.8, 4) is 0 Å². The first-order valence-electron chi connectivity index (χ1n) is 11.3. The summed E-state index contributed by atoms with van der Waals surface area (Å²) < 4.78 is 10.2. The summed E-state index contributed by atoms with van der Waals surface area (Å²) >= 11 is 0. The first kappa shape index (κ1) is 24.6. The van der Waals surface area contributed by atoms with Gasteiger partial charge in [0.2, 0.25) is 5.78 Å². The van der Waals surface area contributed by atoms with Crippen LogP contribution in [0.5, 0.6) is 0 Å². The molecule has 1 N–H and O–H groups in total. The van der Waals surface area contributed by atoms with Gasteiger partial charge in [0.15, 0.2) is 6.61 Å². The van der Waals surface area contributed by atoms with Gasteiger partial charge in [-0.1, -0.05) is 24.3 Å². The summed E-state index contributed by atoms with van der Waals surface area (Å²) in [5.41, 5.74) is 2.78. The van der Waals surface area contributed by atoms with E-state index >= 15 is 0 Å². The number of hydrogen-bond donors (Lipinski definition) is 1. The van der Waals surface area contributed by atoms with Crippen LogP contribution in [0.15, 0.2) is 48.5 Å². The normalized spacial score (nSPS) is 12.5. The van der Waals surface area contributed by atoms with E-state index in [1.165, 1.54) is 12.1 Å². The standard InChI is InChI=1S/C27H24N2O7/c1-4-35-27(34)22-15(2)23(28-16(22)3)21(30)14-36-26(33)18-9-7-8-17(12-18)13-29-24(31)19-10-5-6-11-20(19)25(29)32/h5-12,28H,4,13-14H2,1-3H3. The lowest BCUT2D eigenvalue weighted by atomic mass is 10.1. The van der Waals surface area contributed by atoms with E-state index in [4.69, 9.17) is 9.47 Å². The average Bonchev–Trinajstić information content (AvgIpc) is 3.30. The summed E-state index contributed by atoms with van der Waals surface area (Å²) in [4.78, 5) is 66.7. The average molecular weight is 488 g/mol. The van der Waals surface area contributed by atoms with Crippen molar-refractivity contribution in [3.05, 3.63) is 93.3 Å². The molecular weight excluding hydrogens is 464 g/mol. The number of fused-ring (bicyclic) bond motifs is 1. The minimum Gasteiger partial charge on any atom is -0.462 e. The Hall–Kier alpha value is -4.53. The number of H-pyrrole nitrogens is 1. The maximum absolute atomic E-state index is 12.7. The van der Waals surface area contributed by atoms with Gasteiger partial charge in [-0.05, 0) is 56.2 Å². The molecule has 9 nitrogen and oxygen atoms in total. The zero-order valence-corrected chi connectivity index (χ0v) is 20.0. The van der Waals surface area contributed by atoms with Crippen molar-refractivity contribution in [2.45, 2.75) is 27.3 Å². The van der Waals surface area contributed by atoms with Gasteiger partial charge in [0.05, 0.1) is 41.1 Å². The number of aromatic amines is 1. The summed E-state index contributed by atoms with van der Waals surface area (Å²) in [6.07, 6.45) is 0. The Morgan fingerprint density at radius 1 is 0.889 bits per heavy atom. The number of imide groups is 1. The predicted octanol–water partition coefficient (Wildman–Crippen LogP) is 3.64. The topological polar surface area (TPSA) is 123 Å². The third-order valence-corrected chi connectivity index (χ3v) is 5.91. The molecule has 0 bridgehead atoms. The number of ketones is 1. The highest BCUT2D eigenvalue weighted by Crippen LogP contribution is 2.25. The summed E-state index contributed by atoms with van der Waals surface area (Å²) in [7, 11) is 0. The molecule has 0 fully saturated rings. The van der Waals surface area contributed by atoms with Crippen LogP contribution >= 0.6 is 0 Å². The Labute approximate surface area is 207 Å². The number of ether oxygens (including phenoxy) is 2. The summed E-state index contributed by atoms with van der Waals surface area (Å²) in [6, 6.07) is 12.9. The molecule has 2 amide bonds. The molecule has 9 heteroatoms. The monoisotopic (exact) mass is 488 g/mol. The van der Waals surface area contributed by atoms with Gasteiger partial charge in [-0.25, -0.2) is 9.59 Å². The van der Waals surface area contributed by atoms with Crippen LogP contribution in [-0.4, -0.2) is 52.6 Å². The molecule has 184 valence electrons. The van der Waals surface area contributed by atoms with Crippen LogP contribution in [0.4, 0.5) is 0 Å². The molecule has 1 aliphatic heterocycles. The molecular formula is C27H24N2O7. The molecule has 2 aromatic carbocycles. The Bertz CT molecular complexity index is 1370. The molecule has 1 aliphatic rings. The third kappa shape index (κ3) is 4.55. The van der Waals surface area contributed by atoms with Gasteiger partial charge in [-0.3, -0.25) is 19.3 Å². The second-order valence-electron chi connectivity index (χ2n) is 8.29. The summed E-state index contributed by atoms with van der Waals surface area (Å²) in [5.74, 6) is -2.56. The van der Waals surface area contributed by atoms with Crippen molar-refractivity contribution in [2.75, 3.05) is 13.2 Å². The fraction of sp³-hybridized carbons (Fsp3) is 0.222. The minimum absolute atomic E-state index is 0.00994. The smallest absolute Gasteiger partial charge is 0.340 e. The Kier molecular flexibility index (Phi) is 6.82. The van der Waals surface area contributed by atoms with Crippen molar-refractivity contribution in [1.82, 2.24) is 9.88 Å². The van der Waals surface area contributed by atoms with Crippen LogP contribution in [0.3, 0.4) is 0 Å². The van der Waals surface area contributed by atoms with Crippen LogP contribution in [0.1, 0.15) is 75.7 Å². The molecule has 0 atom stereocenters. The van der Waals surface area contributed by atoms with E-state index < -0.39 is 36.1 Å². The van der Waals surface area contributed by atoms with Gasteiger partial charge in [0, 0.05) is 5.69 Å². The SMILES string of the molecule is CCOC(=O)c1c(C)[nH]c(C(=O)COC(=O)c2cccc(CN3C(=O)c4ccccc4C3=O)c2)c1C. The van der Waals surface area contributed by atoms with Crippen LogP contribution in [0.25, 0.3) is 0 Å². The molecule has 0 saturated heterocycles. The minimum atomic E-state index is -0.737. The molecule has 0 radical (unpaired) electrons. The van der Waals surface area contributed by atoms with Crippen molar-refractivity contribution in [1.29, 1.82) is 0 Å². The van der Waals surface area contributed by atoms with Crippen molar-refractivity contribution >= 4 is 29.5 Å². The number of carbonyl (C=O) groups excluding carboxylic acids is 5. The molecule has 0 saturated carbocycles. The van der Waals surface area contributed by atoms with Crippen LogP contribution < -0.4 is 0 Å². The number of nitrogens with zero attached hydrogens (tertiary/aromatic N) is 1. The van der Waals surface area contributed by atoms with E-state index in [-0.39, 0.29) is 30.0 Å². The number of benzene rings is 2. The molecule has 1 aromatic heterocycles. The fourth-order valence-corrected chi connectivity index (χ4v) is 4.19. The highest BCUT2D eigenvalue weighted by molar-refractivity contribution is 6.21. The van der Waals surface area contributed by atoms with Crippen LogP contribution in [0.2, 0.25) is 0 Å². The maximum atomic E-state index is 12.7. The van der Waals surface area contributed by atoms with Crippen molar-refractivity contribution in [2.24, 2.45) is 0 Å². The summed E-state index contributed by atoms with van der Waals surface area (Å²) in [5, 5.41) is 0. The first-order chi connectivity index (χ1) is 17.2. The number of aromatic nitrogens is 1. The fourth-order valence-electron chi connectivity index (χ4n) is 4.19. The van der Waals surface area contributed by atoms with E-state index in [0.717, 1.165) is 4.90 Å². The second-order valence-corrected chi connectivity index (χ2v) is 8.29. The largest absolute Gasteiger partial charge is 0.462 e. The summed E-state index contributed by atoms with van der Waals surface area (Å²) in [6.45, 7) is 4.62. The number of esters is 2. The second kappa shape index (κ2) is 9.99. The Morgan fingerprint density at radius 3 is 2.19 bits per heavy atom. The number of nitrogens with one attached hydrogen (secondary N) is 1. The number of Topliss-reactive ketones (excluding diaryl/α,β-unsaturated/α-hetero) is 1. The molecule has 2 heterocycles. The number of carbonyl (C=O) groups is 5. The Balaban J connectivity index is 1.42. The first-order valence-corrected chi connectivity index (χ1v) is 11.3. The van der Waals surface area contributed by atoms with Gasteiger partial charge in [-0.2, -0.15) is 0 Å². The zero-order chi connectivity index (χ0) is 26.0. The zero-order valence-electron chi connectivity index (χ0n) is 20.0. The molecule has 36 heavy (non-hydrogen) atoms. The van der Waals surface area contributed by atoms with Crippen LogP contribution in [0, 0.1) is 13.8 Å². The Morgan fingerprint density at radius 2 is 1.56 bits per heavy atom. The third-order valence-electron chi connectivity index (χ3n) is 5.91. The molecule has 0 spiro atoms. The van der Waals surface area contributed by atoms with E-state index in [9.17, 15) is 24.0 Å². The quantitative estimate of drug-likeness (QED) is 0.292. The lowest BCUT2D eigenvalue weighted by Gasteiger charge is -2.14. The number of amides is 2. The van der Waals surface area contributed by atoms with Gasteiger partial charge in [-0.15, -0.1) is 0 Å². The predicted molar refractivity (Wildman–Crippen MR) is 128 cm³/mol. The van der Waals surface area contributed by atoms with Crippen molar-refractivity contribution in [3.63, 3.8) is 0 Å². The molecule has 0 unspecified atom stereocenters. The number of rotatable bonds is 8. The molecule has 4 rings (SSSR count). The highest BCUT2D eigenvalue weighted by Gasteiger charge is 2.35. The molecule has 0 aliphatic carbocycles. The van der Waals surface area contributed by atoms with E-state index in [0.29, 0.717) is 27.9 Å². The lowest BCUT2D eigenvalue weighted by Crippen LogP contribution is -2.29. The lowest BCUT2D eigenvalue weighted by molar-refractivity contribution is 0.0472. The van der Waals surface area contributed by atoms with Gasteiger partial charge < -0.3 is 14.5 Å². The van der Waals surface area contributed by atoms with Gasteiger partial charge in [0.25, 0.3) is 11.8 Å². The number of aryl methyl sites for hydroxylation is 1. The number of hydrogen-bond acceptors (Lipinski definition) is 7. The van der Waals surface area contributed by atoms with E-state index in [1.54, 1.807) is 57.2 Å². The highest BCUT2D eigenvalue weighted by atomic mass is 16.5. The molecule has 3 aromatic rings. The van der Waals surface area contributed by atoms with Gasteiger partial charge in [0.1, 0.15) is 0 Å². The maximum Gasteiger partial charge on any atom is 0.340 e. The van der Waals surface area contributed by atoms with Gasteiger partial charge >= 0.3 is 11.9 Å². The van der Waals surface area contributed by atoms with E-state index in [1.807, 2.05) is 0 Å². The van der Waals surface area contributed by atoms with E-state index in [2.05, 4.69) is 4.98 Å². The van der Waals surface area contributed by atoms with Crippen molar-refractivity contribution < 1.29 is 33.4 Å².